The second-order valence-electron chi connectivity index (χ2n) is 3.57. The van der Waals surface area contributed by atoms with Crippen molar-refractivity contribution >= 4 is 0 Å². The van der Waals surface area contributed by atoms with Crippen molar-refractivity contribution in [3.8, 4) is 6.07 Å². The van der Waals surface area contributed by atoms with Crippen molar-refractivity contribution in [2.24, 2.45) is 0 Å². The Bertz CT molecular complexity index is 497. The molecule has 0 spiro atoms. The molecule has 78 valence electrons. The van der Waals surface area contributed by atoms with Crippen LogP contribution in [0.5, 0.6) is 0 Å². The van der Waals surface area contributed by atoms with E-state index in [1.165, 1.54) is 0 Å². The molecule has 0 N–H and O–H groups in total. The topological polar surface area (TPSA) is 49.6 Å². The third-order valence-electron chi connectivity index (χ3n) is 2.38. The zero-order valence-corrected chi connectivity index (χ0v) is 8.96. The van der Waals surface area contributed by atoms with Crippen molar-refractivity contribution in [1.29, 1.82) is 5.26 Å². The summed E-state index contributed by atoms with van der Waals surface area (Å²) in [6.07, 6.45) is 0. The molecule has 1 aromatic carbocycles. The molecule has 16 heavy (non-hydrogen) atoms. The van der Waals surface area contributed by atoms with Gasteiger partial charge in [-0.25, -0.2) is 0 Å². The predicted octanol–water partition coefficient (Wildman–Crippen LogP) is 2.44. The third kappa shape index (κ3) is 2.06. The molecule has 1 atom stereocenters. The lowest BCUT2D eigenvalue weighted by atomic mass is 9.97. The van der Waals surface area contributed by atoms with Crippen LogP contribution in [0.1, 0.15) is 22.9 Å². The highest BCUT2D eigenvalue weighted by atomic mass is 15.1. The van der Waals surface area contributed by atoms with Gasteiger partial charge in [0.1, 0.15) is 5.92 Å². The summed E-state index contributed by atoms with van der Waals surface area (Å²) in [5, 5.41) is 17.2. The van der Waals surface area contributed by atoms with Crippen LogP contribution in [0, 0.1) is 18.3 Å². The van der Waals surface area contributed by atoms with Crippen LogP contribution in [0.25, 0.3) is 0 Å². The Kier molecular flexibility index (Phi) is 2.93. The number of aromatic nitrogens is 2. The lowest BCUT2D eigenvalue weighted by Gasteiger charge is -2.07. The highest BCUT2D eigenvalue weighted by Crippen LogP contribution is 2.21. The molecule has 1 heterocycles. The van der Waals surface area contributed by atoms with Gasteiger partial charge in [-0.1, -0.05) is 30.3 Å². The van der Waals surface area contributed by atoms with Gasteiger partial charge in [-0.05, 0) is 24.6 Å². The molecule has 1 aromatic heterocycles. The fraction of sp³-hybridized carbons (Fsp3) is 0.154. The number of rotatable bonds is 2. The zero-order chi connectivity index (χ0) is 11.4. The van der Waals surface area contributed by atoms with Crippen molar-refractivity contribution in [2.45, 2.75) is 12.8 Å². The smallest absolute Gasteiger partial charge is 0.115 e. The minimum absolute atomic E-state index is 0.339. The maximum absolute atomic E-state index is 9.18. The van der Waals surface area contributed by atoms with Gasteiger partial charge >= 0.3 is 0 Å². The third-order valence-corrected chi connectivity index (χ3v) is 2.38. The number of aryl methyl sites for hydroxylation is 1. The van der Waals surface area contributed by atoms with Crippen LogP contribution >= 0.6 is 0 Å². The number of benzene rings is 1. The second-order valence-corrected chi connectivity index (χ2v) is 3.57. The quantitative estimate of drug-likeness (QED) is 0.763. The molecule has 0 saturated carbocycles. The summed E-state index contributed by atoms with van der Waals surface area (Å²) in [5.74, 6) is -0.339. The molecule has 0 radical (unpaired) electrons. The summed E-state index contributed by atoms with van der Waals surface area (Å²) < 4.78 is 0. The van der Waals surface area contributed by atoms with Gasteiger partial charge in [0.25, 0.3) is 0 Å². The summed E-state index contributed by atoms with van der Waals surface area (Å²) in [4.78, 5) is 0. The fourth-order valence-corrected chi connectivity index (χ4v) is 1.52. The zero-order valence-electron chi connectivity index (χ0n) is 8.96. The summed E-state index contributed by atoms with van der Waals surface area (Å²) in [7, 11) is 0. The van der Waals surface area contributed by atoms with Gasteiger partial charge in [-0.15, -0.1) is 0 Å². The van der Waals surface area contributed by atoms with Gasteiger partial charge in [0.05, 0.1) is 17.5 Å². The van der Waals surface area contributed by atoms with Crippen LogP contribution in [0.2, 0.25) is 0 Å². The molecule has 2 rings (SSSR count). The molecule has 2 aromatic rings. The van der Waals surface area contributed by atoms with E-state index in [1.807, 2.05) is 49.4 Å². The van der Waals surface area contributed by atoms with Gasteiger partial charge in [0, 0.05) is 0 Å². The minimum atomic E-state index is -0.339. The van der Waals surface area contributed by atoms with Crippen LogP contribution in [-0.4, -0.2) is 10.2 Å². The molecule has 0 aliphatic heterocycles. The largest absolute Gasteiger partial charge is 0.197 e. The molecule has 3 nitrogen and oxygen atoms in total. The highest BCUT2D eigenvalue weighted by molar-refractivity contribution is 5.33. The molecule has 0 saturated heterocycles. The summed E-state index contributed by atoms with van der Waals surface area (Å²) in [5.41, 5.74) is 2.50. The van der Waals surface area contributed by atoms with Crippen LogP contribution in [0.4, 0.5) is 0 Å². The number of hydrogen-bond acceptors (Lipinski definition) is 3. The van der Waals surface area contributed by atoms with E-state index < -0.39 is 0 Å². The SMILES string of the molecule is Cc1ccc(C(C#N)c2ccccc2)nn1. The first kappa shape index (κ1) is 10.3. The maximum atomic E-state index is 9.18. The number of nitriles is 1. The van der Waals surface area contributed by atoms with E-state index in [0.29, 0.717) is 5.69 Å². The molecule has 0 fully saturated rings. The van der Waals surface area contributed by atoms with E-state index in [-0.39, 0.29) is 5.92 Å². The Hall–Kier alpha value is -2.21. The Morgan fingerprint density at radius 2 is 1.81 bits per heavy atom. The van der Waals surface area contributed by atoms with Crippen LogP contribution in [-0.2, 0) is 0 Å². The van der Waals surface area contributed by atoms with Gasteiger partial charge < -0.3 is 0 Å². The lowest BCUT2D eigenvalue weighted by molar-refractivity contribution is 0.865. The number of hydrogen-bond donors (Lipinski definition) is 0. The standard InChI is InChI=1S/C13H11N3/c1-10-7-8-13(16-15-10)12(9-14)11-5-3-2-4-6-11/h2-8,12H,1H3. The van der Waals surface area contributed by atoms with Crippen LogP contribution in [0.15, 0.2) is 42.5 Å². The van der Waals surface area contributed by atoms with Gasteiger partial charge in [-0.2, -0.15) is 15.5 Å². The fourth-order valence-electron chi connectivity index (χ4n) is 1.52. The Morgan fingerprint density at radius 3 is 2.38 bits per heavy atom. The number of nitrogens with zero attached hydrogens (tertiary/aromatic N) is 3. The summed E-state index contributed by atoms with van der Waals surface area (Å²) >= 11 is 0. The molecule has 3 heteroatoms. The van der Waals surface area contributed by atoms with E-state index in [2.05, 4.69) is 16.3 Å². The van der Waals surface area contributed by atoms with Crippen LogP contribution < -0.4 is 0 Å². The molecule has 0 aliphatic carbocycles. The lowest BCUT2D eigenvalue weighted by Crippen LogP contribution is -2.02. The first-order valence-corrected chi connectivity index (χ1v) is 5.06. The van der Waals surface area contributed by atoms with Crippen molar-refractivity contribution in [3.05, 3.63) is 59.4 Å². The first-order chi connectivity index (χ1) is 7.81. The average molecular weight is 209 g/mol. The average Bonchev–Trinajstić information content (AvgIpc) is 2.34. The van der Waals surface area contributed by atoms with Crippen molar-refractivity contribution in [3.63, 3.8) is 0 Å². The Morgan fingerprint density at radius 1 is 1.06 bits per heavy atom. The normalized spacial score (nSPS) is 11.8. The van der Waals surface area contributed by atoms with Gasteiger partial charge in [-0.3, -0.25) is 0 Å². The van der Waals surface area contributed by atoms with Crippen molar-refractivity contribution < 1.29 is 0 Å². The maximum Gasteiger partial charge on any atom is 0.115 e. The molecule has 0 amide bonds. The van der Waals surface area contributed by atoms with Crippen LogP contribution in [0.3, 0.4) is 0 Å². The first-order valence-electron chi connectivity index (χ1n) is 5.06. The van der Waals surface area contributed by atoms with E-state index in [9.17, 15) is 5.26 Å². The van der Waals surface area contributed by atoms with E-state index in [0.717, 1.165) is 11.3 Å². The Labute approximate surface area is 94.4 Å². The highest BCUT2D eigenvalue weighted by Gasteiger charge is 2.14. The summed E-state index contributed by atoms with van der Waals surface area (Å²) in [6, 6.07) is 15.6. The molecule has 1 unspecified atom stereocenters. The Balaban J connectivity index is 2.38. The van der Waals surface area contributed by atoms with Crippen molar-refractivity contribution in [1.82, 2.24) is 10.2 Å². The second kappa shape index (κ2) is 4.54. The summed E-state index contributed by atoms with van der Waals surface area (Å²) in [6.45, 7) is 1.88. The van der Waals surface area contributed by atoms with E-state index in [1.54, 1.807) is 0 Å². The van der Waals surface area contributed by atoms with Crippen molar-refractivity contribution in [2.75, 3.05) is 0 Å². The molecule has 0 aliphatic rings. The van der Waals surface area contributed by atoms with E-state index in [4.69, 9.17) is 0 Å². The van der Waals surface area contributed by atoms with E-state index >= 15 is 0 Å². The predicted molar refractivity (Wildman–Crippen MR) is 60.7 cm³/mol. The molecular weight excluding hydrogens is 198 g/mol. The van der Waals surface area contributed by atoms with Gasteiger partial charge in [0.2, 0.25) is 0 Å². The molecular formula is C13H11N3. The minimum Gasteiger partial charge on any atom is -0.197 e. The molecule has 0 bridgehead atoms. The van der Waals surface area contributed by atoms with Gasteiger partial charge in [0.15, 0.2) is 0 Å². The monoisotopic (exact) mass is 209 g/mol.